The summed E-state index contributed by atoms with van der Waals surface area (Å²) in [5.74, 6) is -1.32. The van der Waals surface area contributed by atoms with Crippen LogP contribution in [0.5, 0.6) is 0 Å². The Morgan fingerprint density at radius 2 is 1.81 bits per heavy atom. The Labute approximate surface area is 170 Å². The summed E-state index contributed by atoms with van der Waals surface area (Å²) in [5.41, 5.74) is 4.58. The van der Waals surface area contributed by atoms with Gasteiger partial charge in [0.25, 0.3) is 11.8 Å². The van der Waals surface area contributed by atoms with Crippen LogP contribution < -0.4 is 10.9 Å². The van der Waals surface area contributed by atoms with E-state index in [2.05, 4.69) is 31.8 Å². The van der Waals surface area contributed by atoms with Crippen LogP contribution in [-0.2, 0) is 10.0 Å². The van der Waals surface area contributed by atoms with E-state index in [1.807, 2.05) is 0 Å². The Balaban J connectivity index is 2.20. The van der Waals surface area contributed by atoms with Crippen LogP contribution in [0.2, 0.25) is 5.02 Å². The molecular weight excluding hydrogens is 460 g/mol. The number of aromatic amines is 1. The number of halogens is 2. The van der Waals surface area contributed by atoms with Crippen molar-refractivity contribution in [2.24, 2.45) is 0 Å². The van der Waals surface area contributed by atoms with Crippen LogP contribution in [0.4, 0.5) is 0 Å². The first kappa shape index (κ1) is 21.4. The Morgan fingerprint density at radius 3 is 2.37 bits per heavy atom. The number of carbonyl (C=O) groups excluding carboxylic acids is 2. The maximum Gasteiger partial charge on any atom is 0.286 e. The smallest absolute Gasteiger partial charge is 0.286 e. The summed E-state index contributed by atoms with van der Waals surface area (Å²) < 4.78 is 27.0. The molecule has 1 heterocycles. The highest BCUT2D eigenvalue weighted by molar-refractivity contribution is 9.10. The molecule has 0 saturated heterocycles. The topological polar surface area (TPSA) is 111 Å². The molecule has 0 bridgehead atoms. The molecule has 2 amide bonds. The lowest BCUT2D eigenvalue weighted by Crippen LogP contribution is -2.42. The van der Waals surface area contributed by atoms with Crippen molar-refractivity contribution < 1.29 is 18.0 Å². The molecule has 11 heteroatoms. The summed E-state index contributed by atoms with van der Waals surface area (Å²) in [6, 6.07) is 5.08. The third kappa shape index (κ3) is 4.89. The minimum absolute atomic E-state index is 0.0514. The number of aromatic nitrogens is 1. The highest BCUT2D eigenvalue weighted by atomic mass is 79.9. The Kier molecular flexibility index (Phi) is 6.68. The molecule has 146 valence electrons. The van der Waals surface area contributed by atoms with Gasteiger partial charge in [-0.05, 0) is 54.0 Å². The van der Waals surface area contributed by atoms with Gasteiger partial charge in [-0.2, -0.15) is 4.31 Å². The molecule has 0 aliphatic rings. The van der Waals surface area contributed by atoms with Gasteiger partial charge in [-0.3, -0.25) is 20.4 Å². The summed E-state index contributed by atoms with van der Waals surface area (Å²) in [4.78, 5) is 26.9. The summed E-state index contributed by atoms with van der Waals surface area (Å²) in [6.45, 7) is 3.46. The Bertz CT molecular complexity index is 975. The normalized spacial score (nSPS) is 11.7. The third-order valence-corrected chi connectivity index (χ3v) is 6.59. The van der Waals surface area contributed by atoms with E-state index < -0.39 is 21.8 Å². The fraction of sp³-hybridized carbons (Fsp3) is 0.250. The SMILES string of the molecule is CC(C)N(C)S(=O)(=O)c1ccc(Cl)c(C(=O)NNC(=O)c2cc(Br)c[nH]2)c1. The molecule has 3 N–H and O–H groups in total. The van der Waals surface area contributed by atoms with E-state index in [9.17, 15) is 18.0 Å². The van der Waals surface area contributed by atoms with Crippen LogP contribution in [0.3, 0.4) is 0 Å². The number of benzene rings is 1. The summed E-state index contributed by atoms with van der Waals surface area (Å²) in [5, 5.41) is 0.0514. The minimum Gasteiger partial charge on any atom is -0.356 e. The van der Waals surface area contributed by atoms with Gasteiger partial charge in [0, 0.05) is 23.8 Å². The van der Waals surface area contributed by atoms with Crippen molar-refractivity contribution in [3.63, 3.8) is 0 Å². The van der Waals surface area contributed by atoms with Gasteiger partial charge >= 0.3 is 0 Å². The molecular formula is C16H18BrClN4O4S. The maximum absolute atomic E-state index is 12.6. The lowest BCUT2D eigenvalue weighted by molar-refractivity contribution is 0.0844. The highest BCUT2D eigenvalue weighted by Crippen LogP contribution is 2.23. The van der Waals surface area contributed by atoms with E-state index in [4.69, 9.17) is 11.6 Å². The number of amides is 2. The molecule has 0 radical (unpaired) electrons. The molecule has 2 rings (SSSR count). The van der Waals surface area contributed by atoms with E-state index in [0.29, 0.717) is 4.47 Å². The number of hydrazine groups is 1. The lowest BCUT2D eigenvalue weighted by Gasteiger charge is -2.21. The number of hydrogen-bond acceptors (Lipinski definition) is 4. The molecule has 0 unspecified atom stereocenters. The maximum atomic E-state index is 12.6. The molecule has 1 aromatic carbocycles. The molecule has 0 spiro atoms. The molecule has 0 aliphatic heterocycles. The van der Waals surface area contributed by atoms with Gasteiger partial charge in [-0.25, -0.2) is 8.42 Å². The number of hydrogen-bond donors (Lipinski definition) is 3. The van der Waals surface area contributed by atoms with Crippen LogP contribution in [0, 0.1) is 0 Å². The first-order chi connectivity index (χ1) is 12.5. The van der Waals surface area contributed by atoms with Crippen molar-refractivity contribution >= 4 is 49.4 Å². The monoisotopic (exact) mass is 476 g/mol. The number of nitrogens with one attached hydrogen (secondary N) is 3. The zero-order valence-corrected chi connectivity index (χ0v) is 17.9. The van der Waals surface area contributed by atoms with Crippen molar-refractivity contribution in [1.82, 2.24) is 20.1 Å². The summed E-state index contributed by atoms with van der Waals surface area (Å²) in [6.07, 6.45) is 1.56. The molecule has 0 atom stereocenters. The molecule has 27 heavy (non-hydrogen) atoms. The van der Waals surface area contributed by atoms with Gasteiger partial charge < -0.3 is 4.98 Å². The van der Waals surface area contributed by atoms with E-state index >= 15 is 0 Å². The summed E-state index contributed by atoms with van der Waals surface area (Å²) in [7, 11) is -2.34. The van der Waals surface area contributed by atoms with Crippen molar-refractivity contribution in [2.45, 2.75) is 24.8 Å². The third-order valence-electron chi connectivity index (χ3n) is 3.77. The van der Waals surface area contributed by atoms with Crippen LogP contribution in [-0.4, -0.2) is 42.6 Å². The number of carbonyl (C=O) groups is 2. The van der Waals surface area contributed by atoms with Crippen molar-refractivity contribution in [3.05, 3.63) is 51.2 Å². The first-order valence-electron chi connectivity index (χ1n) is 7.76. The molecule has 2 aromatic rings. The highest BCUT2D eigenvalue weighted by Gasteiger charge is 2.25. The van der Waals surface area contributed by atoms with Crippen molar-refractivity contribution in [1.29, 1.82) is 0 Å². The van der Waals surface area contributed by atoms with Gasteiger partial charge in [0.15, 0.2) is 0 Å². The fourth-order valence-electron chi connectivity index (χ4n) is 2.03. The average Bonchev–Trinajstić information content (AvgIpc) is 3.05. The standard InChI is InChI=1S/C16H18BrClN4O4S/c1-9(2)22(3)27(25,26)11-4-5-13(18)12(7-11)15(23)20-21-16(24)14-6-10(17)8-19-14/h4-9,19H,1-3H3,(H,20,23)(H,21,24). The number of nitrogens with zero attached hydrogens (tertiary/aromatic N) is 1. The zero-order chi connectivity index (χ0) is 20.4. The second-order valence-corrected chi connectivity index (χ2v) is 9.22. The molecule has 8 nitrogen and oxygen atoms in total. The van der Waals surface area contributed by atoms with Gasteiger partial charge in [0.2, 0.25) is 10.0 Å². The van der Waals surface area contributed by atoms with Crippen molar-refractivity contribution in [2.75, 3.05) is 7.05 Å². The quantitative estimate of drug-likeness (QED) is 0.575. The average molecular weight is 478 g/mol. The fourth-order valence-corrected chi connectivity index (χ4v) is 3.97. The molecule has 0 fully saturated rings. The summed E-state index contributed by atoms with van der Waals surface area (Å²) >= 11 is 9.22. The molecule has 0 aliphatic carbocycles. The Hall–Kier alpha value is -1.88. The predicted molar refractivity (Wildman–Crippen MR) is 105 cm³/mol. The molecule has 0 saturated carbocycles. The first-order valence-corrected chi connectivity index (χ1v) is 10.4. The van der Waals surface area contributed by atoms with E-state index in [1.165, 1.54) is 35.6 Å². The van der Waals surface area contributed by atoms with E-state index in [0.717, 1.165) is 0 Å². The largest absolute Gasteiger partial charge is 0.356 e. The van der Waals surface area contributed by atoms with Crippen LogP contribution in [0.1, 0.15) is 34.7 Å². The second kappa shape index (κ2) is 8.42. The lowest BCUT2D eigenvalue weighted by atomic mass is 10.2. The van der Waals surface area contributed by atoms with Crippen molar-refractivity contribution in [3.8, 4) is 0 Å². The van der Waals surface area contributed by atoms with Gasteiger partial charge in [-0.1, -0.05) is 11.6 Å². The van der Waals surface area contributed by atoms with E-state index in [-0.39, 0.29) is 27.2 Å². The minimum atomic E-state index is -3.79. The number of rotatable bonds is 5. The molecule has 1 aromatic heterocycles. The predicted octanol–water partition coefficient (Wildman–Crippen LogP) is 2.53. The van der Waals surface area contributed by atoms with Crippen LogP contribution >= 0.6 is 27.5 Å². The number of sulfonamides is 1. The Morgan fingerprint density at radius 1 is 1.19 bits per heavy atom. The van der Waals surface area contributed by atoms with Gasteiger partial charge in [0.1, 0.15) is 5.69 Å². The van der Waals surface area contributed by atoms with Crippen LogP contribution in [0.25, 0.3) is 0 Å². The second-order valence-electron chi connectivity index (χ2n) is 5.90. The van der Waals surface area contributed by atoms with Gasteiger partial charge in [-0.15, -0.1) is 0 Å². The number of H-pyrrole nitrogens is 1. The van der Waals surface area contributed by atoms with Crippen LogP contribution in [0.15, 0.2) is 39.8 Å². The van der Waals surface area contributed by atoms with Gasteiger partial charge in [0.05, 0.1) is 15.5 Å². The van der Waals surface area contributed by atoms with E-state index in [1.54, 1.807) is 20.0 Å². The zero-order valence-electron chi connectivity index (χ0n) is 14.7.